The molecule has 4 heteroatoms. The van der Waals surface area contributed by atoms with Crippen LogP contribution >= 0.6 is 0 Å². The van der Waals surface area contributed by atoms with Gasteiger partial charge in [-0.2, -0.15) is 0 Å². The van der Waals surface area contributed by atoms with Crippen LogP contribution in [-0.2, 0) is 15.8 Å². The molecule has 0 saturated heterocycles. The molecule has 0 heterocycles. The topological polar surface area (TPSA) is 27.7 Å². The van der Waals surface area contributed by atoms with E-state index in [1.165, 1.54) is 10.4 Å². The number of methoxy groups -OCH3 is 1. The third-order valence-electron chi connectivity index (χ3n) is 7.13. The molecule has 0 unspecified atom stereocenters. The molecule has 0 saturated carbocycles. The Hall–Kier alpha value is -2.66. The molecule has 0 aliphatic rings. The van der Waals surface area contributed by atoms with Crippen molar-refractivity contribution in [1.82, 2.24) is 0 Å². The lowest BCUT2D eigenvalue weighted by Gasteiger charge is -2.44. The van der Waals surface area contributed by atoms with Gasteiger partial charge in [0.2, 0.25) is 0 Å². The fourth-order valence-electron chi connectivity index (χ4n) is 5.05. The van der Waals surface area contributed by atoms with E-state index in [4.69, 9.17) is 13.9 Å². The molecule has 2 atom stereocenters. The summed E-state index contributed by atoms with van der Waals surface area (Å²) in [5, 5.41) is 2.57. The Morgan fingerprint density at radius 3 is 1.92 bits per heavy atom. The smallest absolute Gasteiger partial charge is 0.261 e. The van der Waals surface area contributed by atoms with E-state index in [2.05, 4.69) is 107 Å². The highest BCUT2D eigenvalue weighted by atomic mass is 28.4. The molecule has 0 aliphatic heterocycles. The predicted molar refractivity (Wildman–Crippen MR) is 158 cm³/mol. The lowest BCUT2D eigenvalue weighted by Crippen LogP contribution is -2.67. The zero-order chi connectivity index (χ0) is 26.7. The number of hydrogen-bond donors (Lipinski definition) is 0. The van der Waals surface area contributed by atoms with Gasteiger partial charge in [-0.1, -0.05) is 107 Å². The van der Waals surface area contributed by atoms with Crippen molar-refractivity contribution >= 4 is 18.7 Å². The summed E-state index contributed by atoms with van der Waals surface area (Å²) in [6, 6.07) is 29.8. The Kier molecular flexibility index (Phi) is 10.7. The fourth-order valence-corrected chi connectivity index (χ4v) is 9.71. The Morgan fingerprint density at radius 1 is 0.865 bits per heavy atom. The van der Waals surface area contributed by atoms with Crippen molar-refractivity contribution in [3.05, 3.63) is 103 Å². The standard InChI is InChI=1S/C33H44O3Si/c1-7-8-11-20-32(35-26-28-21-23-29(34-6)24-22-28)27(2)25-36-37(33(3,4)5,30-16-12-9-13-17-30)31-18-14-10-15-19-31/h7,9-10,12-19,21-24,27,32H,1,8,11,20,25-26H2,2-6H3/t27-,32-/m0/s1. The second-order valence-corrected chi connectivity index (χ2v) is 15.2. The van der Waals surface area contributed by atoms with E-state index in [9.17, 15) is 0 Å². The number of allylic oxidation sites excluding steroid dienone is 1. The summed E-state index contributed by atoms with van der Waals surface area (Å²) in [5.74, 6) is 1.10. The summed E-state index contributed by atoms with van der Waals surface area (Å²) in [6.45, 7) is 14.4. The van der Waals surface area contributed by atoms with Gasteiger partial charge in [-0.15, -0.1) is 6.58 Å². The first-order valence-electron chi connectivity index (χ1n) is 13.4. The molecule has 3 rings (SSSR count). The molecule has 3 nitrogen and oxygen atoms in total. The van der Waals surface area contributed by atoms with Gasteiger partial charge in [-0.05, 0) is 52.4 Å². The monoisotopic (exact) mass is 516 g/mol. The van der Waals surface area contributed by atoms with E-state index in [0.717, 1.165) is 30.6 Å². The maximum absolute atomic E-state index is 7.22. The lowest BCUT2D eigenvalue weighted by molar-refractivity contribution is -0.0140. The first kappa shape index (κ1) is 28.9. The van der Waals surface area contributed by atoms with Crippen LogP contribution in [0.1, 0.15) is 52.5 Å². The van der Waals surface area contributed by atoms with Crippen molar-refractivity contribution in [3.8, 4) is 5.75 Å². The molecule has 0 spiro atoms. The maximum atomic E-state index is 7.22. The van der Waals surface area contributed by atoms with Gasteiger partial charge in [0, 0.05) is 12.5 Å². The average Bonchev–Trinajstić information content (AvgIpc) is 2.91. The SMILES string of the molecule is C=CCCC[C@H](OCc1ccc(OC)cc1)[C@@H](C)CO[Si](c1ccccc1)(c1ccccc1)C(C)(C)C. The Bertz CT molecular complexity index is 1020. The Morgan fingerprint density at radius 2 is 1.43 bits per heavy atom. The van der Waals surface area contributed by atoms with Gasteiger partial charge in [0.15, 0.2) is 0 Å². The maximum Gasteiger partial charge on any atom is 0.261 e. The number of unbranched alkanes of at least 4 members (excludes halogenated alkanes) is 1. The van der Waals surface area contributed by atoms with Gasteiger partial charge < -0.3 is 13.9 Å². The summed E-state index contributed by atoms with van der Waals surface area (Å²) < 4.78 is 19.1. The second-order valence-electron chi connectivity index (χ2n) is 10.9. The van der Waals surface area contributed by atoms with Crippen molar-refractivity contribution in [2.45, 2.75) is 64.7 Å². The molecule has 0 radical (unpaired) electrons. The van der Waals surface area contributed by atoms with Crippen LogP contribution in [0.4, 0.5) is 0 Å². The minimum Gasteiger partial charge on any atom is -0.497 e. The predicted octanol–water partition coefficient (Wildman–Crippen LogP) is 7.15. The van der Waals surface area contributed by atoms with E-state index in [1.807, 2.05) is 18.2 Å². The molecule has 0 aromatic heterocycles. The van der Waals surface area contributed by atoms with E-state index >= 15 is 0 Å². The van der Waals surface area contributed by atoms with Gasteiger partial charge in [-0.25, -0.2) is 0 Å². The molecular weight excluding hydrogens is 472 g/mol. The van der Waals surface area contributed by atoms with Crippen LogP contribution < -0.4 is 15.1 Å². The number of rotatable bonds is 14. The van der Waals surface area contributed by atoms with Crippen molar-refractivity contribution in [3.63, 3.8) is 0 Å². The highest BCUT2D eigenvalue weighted by molar-refractivity contribution is 6.99. The summed E-state index contributed by atoms with van der Waals surface area (Å²) in [7, 11) is -0.890. The number of ether oxygens (including phenoxy) is 2. The van der Waals surface area contributed by atoms with Crippen molar-refractivity contribution in [1.29, 1.82) is 0 Å². The molecule has 37 heavy (non-hydrogen) atoms. The van der Waals surface area contributed by atoms with Crippen LogP contribution in [-0.4, -0.2) is 28.1 Å². The Balaban J connectivity index is 1.84. The van der Waals surface area contributed by atoms with Gasteiger partial charge in [0.1, 0.15) is 5.75 Å². The quantitative estimate of drug-likeness (QED) is 0.129. The number of hydrogen-bond acceptors (Lipinski definition) is 3. The van der Waals surface area contributed by atoms with Crippen LogP contribution in [0.2, 0.25) is 5.04 Å². The first-order chi connectivity index (χ1) is 17.8. The third kappa shape index (κ3) is 7.44. The molecule has 198 valence electrons. The van der Waals surface area contributed by atoms with E-state index in [0.29, 0.717) is 13.2 Å². The second kappa shape index (κ2) is 13.8. The van der Waals surface area contributed by atoms with Crippen molar-refractivity contribution in [2.75, 3.05) is 13.7 Å². The van der Waals surface area contributed by atoms with Gasteiger partial charge in [0.05, 0.1) is 19.8 Å². The van der Waals surface area contributed by atoms with E-state index in [-0.39, 0.29) is 17.1 Å². The minimum atomic E-state index is -2.58. The molecule has 3 aromatic carbocycles. The van der Waals surface area contributed by atoms with E-state index < -0.39 is 8.32 Å². The van der Waals surface area contributed by atoms with Crippen LogP contribution in [0, 0.1) is 5.92 Å². The van der Waals surface area contributed by atoms with Gasteiger partial charge in [0.25, 0.3) is 8.32 Å². The molecule has 0 fully saturated rings. The average molecular weight is 517 g/mol. The highest BCUT2D eigenvalue weighted by Crippen LogP contribution is 2.37. The Labute approximate surface area is 225 Å². The normalized spacial score (nSPS) is 13.6. The number of benzene rings is 3. The van der Waals surface area contributed by atoms with Crippen LogP contribution in [0.3, 0.4) is 0 Å². The molecule has 0 bridgehead atoms. The zero-order valence-corrected chi connectivity index (χ0v) is 24.3. The lowest BCUT2D eigenvalue weighted by atomic mass is 10.00. The molecular formula is C33H44O3Si. The van der Waals surface area contributed by atoms with Crippen molar-refractivity contribution in [2.24, 2.45) is 5.92 Å². The summed E-state index contributed by atoms with van der Waals surface area (Å²) >= 11 is 0. The zero-order valence-electron chi connectivity index (χ0n) is 23.3. The molecule has 0 aliphatic carbocycles. The summed E-state index contributed by atoms with van der Waals surface area (Å²) in [4.78, 5) is 0. The van der Waals surface area contributed by atoms with Gasteiger partial charge >= 0.3 is 0 Å². The third-order valence-corrected chi connectivity index (χ3v) is 12.1. The highest BCUT2D eigenvalue weighted by Gasteiger charge is 2.50. The van der Waals surface area contributed by atoms with E-state index in [1.54, 1.807) is 7.11 Å². The van der Waals surface area contributed by atoms with Crippen LogP contribution in [0.25, 0.3) is 0 Å². The molecule has 0 N–H and O–H groups in total. The molecule has 3 aromatic rings. The fraction of sp³-hybridized carbons (Fsp3) is 0.394. The van der Waals surface area contributed by atoms with Gasteiger partial charge in [-0.3, -0.25) is 0 Å². The summed E-state index contributed by atoms with van der Waals surface area (Å²) in [6.07, 6.45) is 5.11. The first-order valence-corrected chi connectivity index (χ1v) is 15.3. The summed E-state index contributed by atoms with van der Waals surface area (Å²) in [5.41, 5.74) is 1.15. The molecule has 0 amide bonds. The largest absolute Gasteiger partial charge is 0.497 e. The van der Waals surface area contributed by atoms with Crippen LogP contribution in [0.15, 0.2) is 97.6 Å². The minimum absolute atomic E-state index is 0.0439. The van der Waals surface area contributed by atoms with Crippen LogP contribution in [0.5, 0.6) is 5.75 Å². The van der Waals surface area contributed by atoms with Crippen molar-refractivity contribution < 1.29 is 13.9 Å².